The molecule has 1 fully saturated rings. The summed E-state index contributed by atoms with van der Waals surface area (Å²) in [6, 6.07) is 3.15. The molecule has 3 heterocycles. The molecule has 0 unspecified atom stereocenters. The summed E-state index contributed by atoms with van der Waals surface area (Å²) in [5.74, 6) is 0.681. The number of sulfonamides is 1. The summed E-state index contributed by atoms with van der Waals surface area (Å²) in [7, 11) is -1.77. The zero-order valence-electron chi connectivity index (χ0n) is 13.4. The average Bonchev–Trinajstić information content (AvgIpc) is 2.88. The van der Waals surface area contributed by atoms with Crippen LogP contribution in [0.3, 0.4) is 0 Å². The lowest BCUT2D eigenvalue weighted by Crippen LogP contribution is -2.35. The van der Waals surface area contributed by atoms with Crippen molar-refractivity contribution in [1.29, 1.82) is 0 Å². The van der Waals surface area contributed by atoms with E-state index in [1.54, 1.807) is 19.2 Å². The maximum Gasteiger partial charge on any atom is 0.252 e. The lowest BCUT2D eigenvalue weighted by Gasteiger charge is -2.24. The first-order valence-corrected chi connectivity index (χ1v) is 10.6. The summed E-state index contributed by atoms with van der Waals surface area (Å²) < 4.78 is 27.8. The Kier molecular flexibility index (Phi) is 5.69. The zero-order valence-corrected chi connectivity index (χ0v) is 16.6. The molecule has 1 N–H and O–H groups in total. The van der Waals surface area contributed by atoms with Gasteiger partial charge >= 0.3 is 0 Å². The van der Waals surface area contributed by atoms with Gasteiger partial charge in [0.05, 0.1) is 4.34 Å². The van der Waals surface area contributed by atoms with E-state index in [4.69, 9.17) is 23.2 Å². The van der Waals surface area contributed by atoms with Gasteiger partial charge in [-0.15, -0.1) is 11.3 Å². The fourth-order valence-corrected chi connectivity index (χ4v) is 6.05. The standard InChI is InChI=1S/C14H17Cl2N5O2S2/c1-17-12-13(16)18-9-19-14(12)20-5-2-6-21(8-7-20)25(22,23)11-4-3-10(15)24-11/h3-4,9,17H,2,5-8H2,1H3. The number of nitrogens with one attached hydrogen (secondary N) is 1. The Morgan fingerprint density at radius 2 is 1.96 bits per heavy atom. The monoisotopic (exact) mass is 421 g/mol. The highest BCUT2D eigenvalue weighted by molar-refractivity contribution is 7.91. The maximum absolute atomic E-state index is 12.8. The first-order chi connectivity index (χ1) is 11.9. The molecule has 0 aromatic carbocycles. The quantitative estimate of drug-likeness (QED) is 0.764. The van der Waals surface area contributed by atoms with E-state index < -0.39 is 10.0 Å². The third-order valence-corrected chi connectivity index (χ3v) is 7.81. The topological polar surface area (TPSA) is 78.4 Å². The molecule has 2 aromatic rings. The normalized spacial score (nSPS) is 16.7. The molecule has 0 atom stereocenters. The van der Waals surface area contributed by atoms with Crippen LogP contribution in [-0.4, -0.2) is 55.9 Å². The van der Waals surface area contributed by atoms with Gasteiger partial charge in [0.1, 0.15) is 16.2 Å². The van der Waals surface area contributed by atoms with E-state index in [9.17, 15) is 8.42 Å². The van der Waals surface area contributed by atoms with Crippen LogP contribution in [0.4, 0.5) is 11.5 Å². The number of halogens is 2. The maximum atomic E-state index is 12.8. The first kappa shape index (κ1) is 18.7. The molecule has 1 aliphatic rings. The molecule has 0 bridgehead atoms. The van der Waals surface area contributed by atoms with Crippen LogP contribution in [0.1, 0.15) is 6.42 Å². The van der Waals surface area contributed by atoms with Crippen LogP contribution < -0.4 is 10.2 Å². The largest absolute Gasteiger partial charge is 0.383 e. The lowest BCUT2D eigenvalue weighted by atomic mass is 10.3. The van der Waals surface area contributed by atoms with Gasteiger partial charge < -0.3 is 10.2 Å². The predicted octanol–water partition coefficient (Wildman–Crippen LogP) is 2.79. The number of thiophene rings is 1. The highest BCUT2D eigenvalue weighted by Crippen LogP contribution is 2.31. The van der Waals surface area contributed by atoms with Crippen LogP contribution in [0.2, 0.25) is 9.49 Å². The van der Waals surface area contributed by atoms with Gasteiger partial charge in [-0.3, -0.25) is 0 Å². The first-order valence-electron chi connectivity index (χ1n) is 7.62. The van der Waals surface area contributed by atoms with Gasteiger partial charge in [0, 0.05) is 33.2 Å². The average molecular weight is 422 g/mol. The fourth-order valence-electron chi connectivity index (χ4n) is 2.72. The number of hydrogen-bond acceptors (Lipinski definition) is 7. The molecule has 0 radical (unpaired) electrons. The summed E-state index contributed by atoms with van der Waals surface area (Å²) in [4.78, 5) is 10.3. The summed E-state index contributed by atoms with van der Waals surface area (Å²) in [6.45, 7) is 2.00. The number of hydrogen-bond donors (Lipinski definition) is 1. The highest BCUT2D eigenvalue weighted by atomic mass is 35.5. The van der Waals surface area contributed by atoms with Gasteiger partial charge in [0.2, 0.25) is 0 Å². The van der Waals surface area contributed by atoms with E-state index >= 15 is 0 Å². The molecule has 0 saturated carbocycles. The smallest absolute Gasteiger partial charge is 0.252 e. The van der Waals surface area contributed by atoms with Gasteiger partial charge in [0.15, 0.2) is 11.0 Å². The highest BCUT2D eigenvalue weighted by Gasteiger charge is 2.29. The summed E-state index contributed by atoms with van der Waals surface area (Å²) in [6.07, 6.45) is 2.09. The molecule has 3 rings (SSSR count). The predicted molar refractivity (Wildman–Crippen MR) is 102 cm³/mol. The van der Waals surface area contributed by atoms with Crippen molar-refractivity contribution >= 4 is 56.1 Å². The SMILES string of the molecule is CNc1c(Cl)ncnc1N1CCCN(S(=O)(=O)c2ccc(Cl)s2)CC1. The molecular weight excluding hydrogens is 405 g/mol. The Morgan fingerprint density at radius 1 is 1.16 bits per heavy atom. The minimum Gasteiger partial charge on any atom is -0.383 e. The molecule has 7 nitrogen and oxygen atoms in total. The molecule has 0 spiro atoms. The summed E-state index contributed by atoms with van der Waals surface area (Å²) in [5, 5.41) is 3.35. The zero-order chi connectivity index (χ0) is 18.0. The van der Waals surface area contributed by atoms with Crippen molar-refractivity contribution in [1.82, 2.24) is 14.3 Å². The van der Waals surface area contributed by atoms with Crippen molar-refractivity contribution in [3.8, 4) is 0 Å². The van der Waals surface area contributed by atoms with Crippen molar-refractivity contribution in [2.45, 2.75) is 10.6 Å². The molecule has 25 heavy (non-hydrogen) atoms. The Labute approximate surface area is 160 Å². The molecule has 1 aliphatic heterocycles. The van der Waals surface area contributed by atoms with Crippen LogP contribution in [0.5, 0.6) is 0 Å². The van der Waals surface area contributed by atoms with E-state index in [1.165, 1.54) is 10.6 Å². The molecule has 0 aliphatic carbocycles. The van der Waals surface area contributed by atoms with Gasteiger partial charge in [-0.05, 0) is 18.6 Å². The Hall–Kier alpha value is -1.13. The van der Waals surface area contributed by atoms with Gasteiger partial charge in [-0.2, -0.15) is 4.31 Å². The Balaban J connectivity index is 1.80. The van der Waals surface area contributed by atoms with E-state index in [2.05, 4.69) is 15.3 Å². The lowest BCUT2D eigenvalue weighted by molar-refractivity contribution is 0.434. The second-order valence-corrected chi connectivity index (χ2v) is 9.65. The van der Waals surface area contributed by atoms with Crippen LogP contribution in [0, 0.1) is 0 Å². The van der Waals surface area contributed by atoms with Crippen molar-refractivity contribution in [2.24, 2.45) is 0 Å². The Bertz CT molecular complexity index is 859. The molecular formula is C14H17Cl2N5O2S2. The van der Waals surface area contributed by atoms with Crippen LogP contribution >= 0.6 is 34.5 Å². The fraction of sp³-hybridized carbons (Fsp3) is 0.429. The summed E-state index contributed by atoms with van der Waals surface area (Å²) >= 11 is 13.1. The van der Waals surface area contributed by atoms with Crippen molar-refractivity contribution in [3.63, 3.8) is 0 Å². The summed E-state index contributed by atoms with van der Waals surface area (Å²) in [5.41, 5.74) is 0.644. The van der Waals surface area contributed by atoms with Crippen molar-refractivity contribution in [3.05, 3.63) is 27.9 Å². The van der Waals surface area contributed by atoms with Crippen molar-refractivity contribution < 1.29 is 8.42 Å². The van der Waals surface area contributed by atoms with Crippen LogP contribution in [0.15, 0.2) is 22.7 Å². The number of nitrogens with zero attached hydrogens (tertiary/aromatic N) is 4. The van der Waals surface area contributed by atoms with Gasteiger partial charge in [0.25, 0.3) is 10.0 Å². The van der Waals surface area contributed by atoms with Gasteiger partial charge in [-0.1, -0.05) is 23.2 Å². The second-order valence-electron chi connectivity index (χ2n) is 5.42. The van der Waals surface area contributed by atoms with Crippen molar-refractivity contribution in [2.75, 3.05) is 43.4 Å². The minimum atomic E-state index is -3.53. The third-order valence-electron chi connectivity index (χ3n) is 3.93. The Morgan fingerprint density at radius 3 is 2.64 bits per heavy atom. The second kappa shape index (κ2) is 7.63. The molecule has 2 aromatic heterocycles. The number of aromatic nitrogens is 2. The molecule has 136 valence electrons. The van der Waals surface area contributed by atoms with Crippen LogP contribution in [-0.2, 0) is 10.0 Å². The van der Waals surface area contributed by atoms with E-state index in [0.29, 0.717) is 53.6 Å². The minimum absolute atomic E-state index is 0.270. The van der Waals surface area contributed by atoms with E-state index in [-0.39, 0.29) is 4.21 Å². The molecule has 0 amide bonds. The van der Waals surface area contributed by atoms with Crippen LogP contribution in [0.25, 0.3) is 0 Å². The molecule has 1 saturated heterocycles. The number of rotatable bonds is 4. The van der Waals surface area contributed by atoms with E-state index in [1.807, 2.05) is 4.90 Å². The number of anilines is 2. The third kappa shape index (κ3) is 3.85. The van der Waals surface area contributed by atoms with Gasteiger partial charge in [-0.25, -0.2) is 18.4 Å². The van der Waals surface area contributed by atoms with E-state index in [0.717, 1.165) is 11.3 Å². The molecule has 11 heteroatoms.